The molecule has 19 heavy (non-hydrogen) atoms. The molecule has 104 valence electrons. The number of carbonyl (C=O) groups is 1. The molecule has 1 amide bonds. The minimum Gasteiger partial charge on any atom is -0.311 e. The minimum absolute atomic E-state index is 0.0647. The second-order valence-electron chi connectivity index (χ2n) is 4.75. The zero-order chi connectivity index (χ0) is 14.2. The molecule has 1 aliphatic rings. The van der Waals surface area contributed by atoms with Gasteiger partial charge in [0.1, 0.15) is 0 Å². The summed E-state index contributed by atoms with van der Waals surface area (Å²) in [4.78, 5) is 13.0. The van der Waals surface area contributed by atoms with Crippen LogP contribution in [0.3, 0.4) is 0 Å². The molecule has 0 spiro atoms. The van der Waals surface area contributed by atoms with Crippen molar-refractivity contribution in [1.82, 2.24) is 0 Å². The maximum absolute atomic E-state index is 13.0. The fraction of sp³-hybridized carbons (Fsp3) is 0.462. The van der Waals surface area contributed by atoms with Crippen LogP contribution in [0.15, 0.2) is 18.2 Å². The Morgan fingerprint density at radius 1 is 1.42 bits per heavy atom. The first-order valence-electron chi connectivity index (χ1n) is 5.87. The van der Waals surface area contributed by atoms with Gasteiger partial charge in [-0.15, -0.1) is 11.6 Å². The zero-order valence-corrected chi connectivity index (χ0v) is 11.1. The van der Waals surface area contributed by atoms with Gasteiger partial charge >= 0.3 is 6.18 Å². The molecule has 2 rings (SSSR count). The number of alkyl halides is 4. The predicted octanol–water partition coefficient (Wildman–Crippen LogP) is 3.61. The van der Waals surface area contributed by atoms with Gasteiger partial charge in [-0.25, -0.2) is 0 Å². The average Bonchev–Trinajstić information content (AvgIpc) is 2.68. The maximum Gasteiger partial charge on any atom is 0.418 e. The first kappa shape index (κ1) is 14.2. The first-order chi connectivity index (χ1) is 8.82. The molecule has 2 nitrogen and oxygen atoms in total. The zero-order valence-electron chi connectivity index (χ0n) is 10.3. The maximum atomic E-state index is 13.0. The van der Waals surface area contributed by atoms with Crippen molar-refractivity contribution >= 4 is 23.2 Å². The number of rotatable bonds is 2. The molecule has 0 aliphatic carbocycles. The summed E-state index contributed by atoms with van der Waals surface area (Å²) >= 11 is 5.69. The van der Waals surface area contributed by atoms with Crippen LogP contribution in [0.5, 0.6) is 0 Å². The van der Waals surface area contributed by atoms with Gasteiger partial charge in [0.15, 0.2) is 0 Å². The van der Waals surface area contributed by atoms with Crippen molar-refractivity contribution in [1.29, 1.82) is 0 Å². The third-order valence-corrected chi connectivity index (χ3v) is 3.61. The van der Waals surface area contributed by atoms with Crippen LogP contribution in [-0.2, 0) is 11.0 Å². The Balaban J connectivity index is 2.44. The summed E-state index contributed by atoms with van der Waals surface area (Å²) < 4.78 is 38.9. The van der Waals surface area contributed by atoms with Gasteiger partial charge < -0.3 is 4.90 Å². The molecule has 1 fully saturated rings. The highest BCUT2D eigenvalue weighted by Gasteiger charge is 2.38. The van der Waals surface area contributed by atoms with Gasteiger partial charge in [-0.1, -0.05) is 6.07 Å². The summed E-state index contributed by atoms with van der Waals surface area (Å²) in [7, 11) is 0. The summed E-state index contributed by atoms with van der Waals surface area (Å²) in [5, 5.41) is 0. The van der Waals surface area contributed by atoms with Gasteiger partial charge in [-0.2, -0.15) is 13.2 Å². The minimum atomic E-state index is -4.47. The van der Waals surface area contributed by atoms with E-state index in [0.29, 0.717) is 5.56 Å². The molecule has 0 radical (unpaired) electrons. The molecule has 1 saturated heterocycles. The van der Waals surface area contributed by atoms with E-state index in [9.17, 15) is 18.0 Å². The van der Waals surface area contributed by atoms with Crippen molar-refractivity contribution in [2.75, 3.05) is 17.3 Å². The Hall–Kier alpha value is -1.23. The van der Waals surface area contributed by atoms with E-state index in [-0.39, 0.29) is 36.4 Å². The number of hydrogen-bond donors (Lipinski definition) is 0. The lowest BCUT2D eigenvalue weighted by molar-refractivity contribution is -0.137. The Bertz CT molecular complexity index is 501. The Kier molecular flexibility index (Phi) is 3.76. The molecule has 0 saturated carbocycles. The lowest BCUT2D eigenvalue weighted by Crippen LogP contribution is -2.27. The smallest absolute Gasteiger partial charge is 0.311 e. The van der Waals surface area contributed by atoms with Crippen LogP contribution in [0.25, 0.3) is 0 Å². The summed E-state index contributed by atoms with van der Waals surface area (Å²) in [5.41, 5.74) is -0.156. The fourth-order valence-electron chi connectivity index (χ4n) is 2.22. The van der Waals surface area contributed by atoms with E-state index in [4.69, 9.17) is 11.6 Å². The molecule has 1 aromatic rings. The summed E-state index contributed by atoms with van der Waals surface area (Å²) in [6.07, 6.45) is -4.27. The van der Waals surface area contributed by atoms with Crippen LogP contribution >= 0.6 is 11.6 Å². The Morgan fingerprint density at radius 2 is 2.11 bits per heavy atom. The summed E-state index contributed by atoms with van der Waals surface area (Å²) in [5.74, 6) is -0.118. The second kappa shape index (κ2) is 5.04. The number of hydrogen-bond acceptors (Lipinski definition) is 1. The molecule has 6 heteroatoms. The van der Waals surface area contributed by atoms with Crippen LogP contribution in [0, 0.1) is 12.8 Å². The third-order valence-electron chi connectivity index (χ3n) is 3.17. The second-order valence-corrected chi connectivity index (χ2v) is 5.06. The van der Waals surface area contributed by atoms with E-state index in [0.717, 1.165) is 6.07 Å². The van der Waals surface area contributed by atoms with Gasteiger partial charge in [0, 0.05) is 18.8 Å². The first-order valence-corrected chi connectivity index (χ1v) is 6.40. The standard InChI is InChI=1S/C13H13ClF3NO/c1-8-2-3-10(13(15,16)17)11(4-8)18-7-9(6-14)5-12(18)19/h2-4,9H,5-7H2,1H3. The van der Waals surface area contributed by atoms with Gasteiger partial charge in [0.05, 0.1) is 11.3 Å². The molecule has 0 N–H and O–H groups in total. The number of carbonyl (C=O) groups excluding carboxylic acids is 1. The van der Waals surface area contributed by atoms with Gasteiger partial charge in [-0.3, -0.25) is 4.79 Å². The van der Waals surface area contributed by atoms with Gasteiger partial charge in [0.2, 0.25) is 5.91 Å². The lowest BCUT2D eigenvalue weighted by atomic mass is 10.1. The van der Waals surface area contributed by atoms with Crippen LogP contribution in [0.1, 0.15) is 17.5 Å². The van der Waals surface area contributed by atoms with Crippen molar-refractivity contribution in [2.24, 2.45) is 5.92 Å². The van der Waals surface area contributed by atoms with E-state index < -0.39 is 11.7 Å². The average molecular weight is 292 g/mol. The molecule has 1 heterocycles. The highest BCUT2D eigenvalue weighted by Crippen LogP contribution is 2.39. The summed E-state index contributed by atoms with van der Waals surface area (Å²) in [6, 6.07) is 3.81. The topological polar surface area (TPSA) is 20.3 Å². The number of halogens is 4. The molecular weight excluding hydrogens is 279 g/mol. The van der Waals surface area contributed by atoms with Crippen LogP contribution in [-0.4, -0.2) is 18.3 Å². The highest BCUT2D eigenvalue weighted by molar-refractivity contribution is 6.18. The van der Waals surface area contributed by atoms with Crippen LogP contribution in [0.2, 0.25) is 0 Å². The van der Waals surface area contributed by atoms with E-state index in [1.165, 1.54) is 17.0 Å². The highest BCUT2D eigenvalue weighted by atomic mass is 35.5. The van der Waals surface area contributed by atoms with E-state index in [1.807, 2.05) is 0 Å². The number of nitrogens with zero attached hydrogens (tertiary/aromatic N) is 1. The molecule has 0 bridgehead atoms. The molecule has 1 atom stereocenters. The molecule has 1 unspecified atom stereocenters. The number of benzene rings is 1. The molecule has 0 aromatic heterocycles. The van der Waals surface area contributed by atoms with E-state index in [1.54, 1.807) is 6.92 Å². The van der Waals surface area contributed by atoms with Gasteiger partial charge in [0.25, 0.3) is 0 Å². The molecule has 1 aromatic carbocycles. The third kappa shape index (κ3) is 2.86. The SMILES string of the molecule is Cc1ccc(C(F)(F)F)c(N2CC(CCl)CC2=O)c1. The Labute approximate surface area is 114 Å². The number of aryl methyl sites for hydroxylation is 1. The largest absolute Gasteiger partial charge is 0.418 e. The number of anilines is 1. The van der Waals surface area contributed by atoms with Crippen molar-refractivity contribution < 1.29 is 18.0 Å². The summed E-state index contributed by atoms with van der Waals surface area (Å²) in [6.45, 7) is 1.94. The fourth-order valence-corrected chi connectivity index (χ4v) is 2.43. The van der Waals surface area contributed by atoms with Crippen molar-refractivity contribution in [2.45, 2.75) is 19.5 Å². The van der Waals surface area contributed by atoms with E-state index >= 15 is 0 Å². The molecular formula is C13H13ClF3NO. The van der Waals surface area contributed by atoms with Crippen molar-refractivity contribution in [3.63, 3.8) is 0 Å². The predicted molar refractivity (Wildman–Crippen MR) is 67.4 cm³/mol. The quantitative estimate of drug-likeness (QED) is 0.762. The monoisotopic (exact) mass is 291 g/mol. The molecule has 1 aliphatic heterocycles. The van der Waals surface area contributed by atoms with Crippen molar-refractivity contribution in [3.05, 3.63) is 29.3 Å². The van der Waals surface area contributed by atoms with Gasteiger partial charge in [-0.05, 0) is 30.5 Å². The van der Waals surface area contributed by atoms with Crippen molar-refractivity contribution in [3.8, 4) is 0 Å². The van der Waals surface area contributed by atoms with Crippen LogP contribution in [0.4, 0.5) is 18.9 Å². The Morgan fingerprint density at radius 3 is 2.63 bits per heavy atom. The van der Waals surface area contributed by atoms with Crippen LogP contribution < -0.4 is 4.90 Å². The number of amides is 1. The normalized spacial score (nSPS) is 20.2. The van der Waals surface area contributed by atoms with E-state index in [2.05, 4.69) is 0 Å². The lowest BCUT2D eigenvalue weighted by Gasteiger charge is -2.22.